The maximum Gasteiger partial charge on any atom is 0.261 e. The number of sulfonamides is 1. The van der Waals surface area contributed by atoms with E-state index in [1.165, 1.54) is 27.8 Å². The second kappa shape index (κ2) is 7.83. The van der Waals surface area contributed by atoms with Crippen LogP contribution >= 0.6 is 11.3 Å². The second-order valence-electron chi connectivity index (χ2n) is 6.60. The van der Waals surface area contributed by atoms with Gasteiger partial charge in [0.1, 0.15) is 5.82 Å². The Balaban J connectivity index is 1.72. The van der Waals surface area contributed by atoms with Crippen LogP contribution in [0.25, 0.3) is 10.1 Å². The summed E-state index contributed by atoms with van der Waals surface area (Å²) in [5, 5.41) is 3.52. The number of rotatable bonds is 4. The molecule has 1 aliphatic heterocycles. The van der Waals surface area contributed by atoms with E-state index in [4.69, 9.17) is 4.74 Å². The molecule has 0 aliphatic carbocycles. The van der Waals surface area contributed by atoms with Crippen LogP contribution in [0.1, 0.15) is 21.3 Å². The summed E-state index contributed by atoms with van der Waals surface area (Å²) in [5.74, 6) is -0.730. The first-order valence-electron chi connectivity index (χ1n) is 9.02. The Bertz CT molecular complexity index is 1160. The number of fused-ring (bicyclic) bond motifs is 1. The smallest absolute Gasteiger partial charge is 0.261 e. The summed E-state index contributed by atoms with van der Waals surface area (Å²) >= 11 is 1.36. The molecule has 1 aromatic heterocycles. The molecule has 2 heterocycles. The summed E-state index contributed by atoms with van der Waals surface area (Å²) < 4.78 is 47.4. The summed E-state index contributed by atoms with van der Waals surface area (Å²) in [6, 6.07) is 12.4. The molecule has 2 aromatic carbocycles. The lowest BCUT2D eigenvalue weighted by atomic mass is 10.0. The maximum atomic E-state index is 13.2. The van der Waals surface area contributed by atoms with Crippen molar-refractivity contribution in [3.63, 3.8) is 0 Å². The molecule has 29 heavy (non-hydrogen) atoms. The number of carbonyl (C=O) groups is 1. The van der Waals surface area contributed by atoms with Crippen molar-refractivity contribution in [3.8, 4) is 0 Å². The van der Waals surface area contributed by atoms with Gasteiger partial charge in [0.25, 0.3) is 5.91 Å². The first kappa shape index (κ1) is 20.0. The fourth-order valence-corrected chi connectivity index (χ4v) is 6.07. The molecule has 0 bridgehead atoms. The number of hydrogen-bond acceptors (Lipinski definition) is 5. The topological polar surface area (TPSA) is 75.7 Å². The first-order valence-corrected chi connectivity index (χ1v) is 11.3. The minimum absolute atomic E-state index is 0.0289. The van der Waals surface area contributed by atoms with Gasteiger partial charge in [0.05, 0.1) is 22.5 Å². The number of ether oxygens (including phenoxy) is 1. The van der Waals surface area contributed by atoms with Gasteiger partial charge in [0, 0.05) is 30.4 Å². The van der Waals surface area contributed by atoms with Gasteiger partial charge >= 0.3 is 0 Å². The van der Waals surface area contributed by atoms with Crippen molar-refractivity contribution in [1.82, 2.24) is 9.62 Å². The zero-order chi connectivity index (χ0) is 20.6. The molecule has 3 aromatic rings. The number of benzene rings is 2. The molecule has 6 nitrogen and oxygen atoms in total. The van der Waals surface area contributed by atoms with Crippen LogP contribution < -0.4 is 5.32 Å². The molecular weight excluding hydrogens is 415 g/mol. The number of nitrogens with one attached hydrogen (secondary N) is 1. The zero-order valence-corrected chi connectivity index (χ0v) is 17.2. The van der Waals surface area contributed by atoms with Gasteiger partial charge in [-0.2, -0.15) is 4.31 Å². The highest BCUT2D eigenvalue weighted by Crippen LogP contribution is 2.38. The van der Waals surface area contributed by atoms with Gasteiger partial charge in [0.15, 0.2) is 0 Å². The minimum Gasteiger partial charge on any atom is -0.371 e. The SMILES string of the molecule is CNC(=O)c1sc2ccccc2c1C1CN(S(=O)(=O)c2ccc(F)cc2)CCO1. The van der Waals surface area contributed by atoms with E-state index in [2.05, 4.69) is 5.32 Å². The van der Waals surface area contributed by atoms with E-state index in [9.17, 15) is 17.6 Å². The number of halogens is 1. The molecule has 1 unspecified atom stereocenters. The quantitative estimate of drug-likeness (QED) is 0.685. The van der Waals surface area contributed by atoms with E-state index in [1.54, 1.807) is 7.05 Å². The van der Waals surface area contributed by atoms with Crippen molar-refractivity contribution in [3.05, 3.63) is 64.8 Å². The van der Waals surface area contributed by atoms with Crippen molar-refractivity contribution >= 4 is 37.4 Å². The Labute approximate surface area is 172 Å². The molecule has 1 aliphatic rings. The van der Waals surface area contributed by atoms with Gasteiger partial charge in [-0.05, 0) is 35.7 Å². The van der Waals surface area contributed by atoms with Crippen LogP contribution in [0.2, 0.25) is 0 Å². The fraction of sp³-hybridized carbons (Fsp3) is 0.250. The average molecular weight is 435 g/mol. The Kier molecular flexibility index (Phi) is 5.39. The molecule has 1 atom stereocenters. The molecule has 0 spiro atoms. The highest BCUT2D eigenvalue weighted by atomic mass is 32.2. The lowest BCUT2D eigenvalue weighted by Crippen LogP contribution is -2.42. The third kappa shape index (κ3) is 3.66. The molecule has 4 rings (SSSR count). The molecule has 1 N–H and O–H groups in total. The number of hydrogen-bond donors (Lipinski definition) is 1. The van der Waals surface area contributed by atoms with Crippen molar-refractivity contribution in [2.45, 2.75) is 11.0 Å². The van der Waals surface area contributed by atoms with Crippen molar-refractivity contribution in [2.24, 2.45) is 0 Å². The predicted octanol–water partition coefficient (Wildman–Crippen LogP) is 3.16. The molecule has 9 heteroatoms. The van der Waals surface area contributed by atoms with Crippen LogP contribution in [0.3, 0.4) is 0 Å². The summed E-state index contributed by atoms with van der Waals surface area (Å²) in [6.45, 7) is 0.459. The Morgan fingerprint density at radius 1 is 1.21 bits per heavy atom. The van der Waals surface area contributed by atoms with Crippen LogP contribution in [-0.2, 0) is 14.8 Å². The third-order valence-corrected chi connectivity index (χ3v) is 7.93. The van der Waals surface area contributed by atoms with Crippen molar-refractivity contribution < 1.29 is 22.3 Å². The van der Waals surface area contributed by atoms with E-state index in [-0.39, 0.29) is 30.5 Å². The molecule has 1 amide bonds. The Morgan fingerprint density at radius 3 is 2.66 bits per heavy atom. The van der Waals surface area contributed by atoms with Gasteiger partial charge in [-0.3, -0.25) is 4.79 Å². The lowest BCUT2D eigenvalue weighted by molar-refractivity contribution is -0.00191. The van der Waals surface area contributed by atoms with Crippen LogP contribution in [0, 0.1) is 5.82 Å². The van der Waals surface area contributed by atoms with E-state index in [1.807, 2.05) is 24.3 Å². The second-order valence-corrected chi connectivity index (χ2v) is 9.59. The maximum absolute atomic E-state index is 13.2. The standard InChI is InChI=1S/C20H19FN2O4S2/c1-22-20(24)19-18(15-4-2-3-5-17(15)28-19)16-12-23(10-11-27-16)29(25,26)14-8-6-13(21)7-9-14/h2-9,16H,10-12H2,1H3,(H,22,24). The van der Waals surface area contributed by atoms with Crippen LogP contribution in [0.15, 0.2) is 53.4 Å². The molecule has 1 saturated heterocycles. The predicted molar refractivity (Wildman–Crippen MR) is 109 cm³/mol. The molecule has 1 fully saturated rings. The highest BCUT2D eigenvalue weighted by Gasteiger charge is 2.34. The van der Waals surface area contributed by atoms with Gasteiger partial charge in [-0.15, -0.1) is 11.3 Å². The Morgan fingerprint density at radius 2 is 1.93 bits per heavy atom. The number of thiophene rings is 1. The largest absolute Gasteiger partial charge is 0.371 e. The van der Waals surface area contributed by atoms with E-state index >= 15 is 0 Å². The van der Waals surface area contributed by atoms with Gasteiger partial charge in [-0.1, -0.05) is 18.2 Å². The van der Waals surface area contributed by atoms with Crippen LogP contribution in [0.5, 0.6) is 0 Å². The number of amides is 1. The number of morpholine rings is 1. The summed E-state index contributed by atoms with van der Waals surface area (Å²) in [4.78, 5) is 13.0. The first-order chi connectivity index (χ1) is 13.9. The average Bonchev–Trinajstić information content (AvgIpc) is 3.13. The minimum atomic E-state index is -3.81. The fourth-order valence-electron chi connectivity index (χ4n) is 3.44. The number of carbonyl (C=O) groups excluding carboxylic acids is 1. The normalized spacial score (nSPS) is 18.1. The molecular formula is C20H19FN2O4S2. The van der Waals surface area contributed by atoms with E-state index < -0.39 is 21.9 Å². The van der Waals surface area contributed by atoms with E-state index in [0.29, 0.717) is 10.4 Å². The van der Waals surface area contributed by atoms with Gasteiger partial charge in [-0.25, -0.2) is 12.8 Å². The Hall–Kier alpha value is -2.33. The molecule has 0 saturated carbocycles. The third-order valence-electron chi connectivity index (χ3n) is 4.87. The number of nitrogens with zero attached hydrogens (tertiary/aromatic N) is 1. The van der Waals surface area contributed by atoms with Crippen molar-refractivity contribution in [2.75, 3.05) is 26.7 Å². The van der Waals surface area contributed by atoms with Crippen molar-refractivity contribution in [1.29, 1.82) is 0 Å². The van der Waals surface area contributed by atoms with E-state index in [0.717, 1.165) is 22.2 Å². The van der Waals surface area contributed by atoms with Crippen LogP contribution in [-0.4, -0.2) is 45.4 Å². The molecule has 152 valence electrons. The van der Waals surface area contributed by atoms with Gasteiger partial charge < -0.3 is 10.1 Å². The zero-order valence-electron chi connectivity index (χ0n) is 15.6. The summed E-state index contributed by atoms with van der Waals surface area (Å²) in [7, 11) is -2.25. The lowest BCUT2D eigenvalue weighted by Gasteiger charge is -2.32. The summed E-state index contributed by atoms with van der Waals surface area (Å²) in [5.41, 5.74) is 0.698. The summed E-state index contributed by atoms with van der Waals surface area (Å²) in [6.07, 6.45) is -0.581. The van der Waals surface area contributed by atoms with Crippen LogP contribution in [0.4, 0.5) is 4.39 Å². The highest BCUT2D eigenvalue weighted by molar-refractivity contribution is 7.89. The molecule has 0 radical (unpaired) electrons. The van der Waals surface area contributed by atoms with Gasteiger partial charge in [0.2, 0.25) is 10.0 Å². The monoisotopic (exact) mass is 434 g/mol.